The lowest BCUT2D eigenvalue weighted by atomic mass is 10.1. The van der Waals surface area contributed by atoms with Gasteiger partial charge in [-0.05, 0) is 25.3 Å². The highest BCUT2D eigenvalue weighted by atomic mass is 79.9. The summed E-state index contributed by atoms with van der Waals surface area (Å²) in [6.45, 7) is 3.19. The van der Waals surface area contributed by atoms with Crippen molar-refractivity contribution < 1.29 is 0 Å². The molecule has 0 aromatic heterocycles. The molecular weight excluding hydrogens is 276 g/mol. The number of benzene rings is 1. The van der Waals surface area contributed by atoms with Gasteiger partial charge in [0.05, 0.1) is 5.84 Å². The third-order valence-electron chi connectivity index (χ3n) is 3.06. The Morgan fingerprint density at radius 1 is 1.12 bits per heavy atom. The van der Waals surface area contributed by atoms with Crippen molar-refractivity contribution in [3.63, 3.8) is 0 Å². The van der Waals surface area contributed by atoms with Crippen LogP contribution in [0, 0.1) is 0 Å². The van der Waals surface area contributed by atoms with Gasteiger partial charge in [0.15, 0.2) is 0 Å². The van der Waals surface area contributed by atoms with Gasteiger partial charge in [-0.1, -0.05) is 36.8 Å². The molecule has 1 atom stereocenters. The molecule has 2 rings (SSSR count). The summed E-state index contributed by atoms with van der Waals surface area (Å²) in [6, 6.07) is 10.9. The molecule has 1 heterocycles. The molecule has 94 valence electrons. The topological polar surface area (TPSA) is 24.4 Å². The minimum Gasteiger partial charge on any atom is -0.367 e. The first-order chi connectivity index (χ1) is 7.86. The second kappa shape index (κ2) is 7.49. The van der Waals surface area contributed by atoms with Crippen molar-refractivity contribution in [2.75, 3.05) is 6.54 Å². The zero-order valence-corrected chi connectivity index (χ0v) is 12.1. The highest BCUT2D eigenvalue weighted by Gasteiger charge is 2.08. The van der Waals surface area contributed by atoms with E-state index in [1.807, 2.05) is 0 Å². The van der Waals surface area contributed by atoms with Crippen LogP contribution in [0.4, 0.5) is 0 Å². The van der Waals surface area contributed by atoms with Crippen molar-refractivity contribution in [1.82, 2.24) is 5.32 Å². The van der Waals surface area contributed by atoms with Crippen LogP contribution in [0.1, 0.15) is 44.2 Å². The maximum atomic E-state index is 4.59. The van der Waals surface area contributed by atoms with Gasteiger partial charge in [0.1, 0.15) is 0 Å². The van der Waals surface area contributed by atoms with Gasteiger partial charge in [-0.3, -0.25) is 4.99 Å². The molecule has 1 aliphatic heterocycles. The Morgan fingerprint density at radius 2 is 1.88 bits per heavy atom. The van der Waals surface area contributed by atoms with Gasteiger partial charge in [-0.25, -0.2) is 0 Å². The Bertz CT molecular complexity index is 348. The Kier molecular flexibility index (Phi) is 6.27. The van der Waals surface area contributed by atoms with Crippen LogP contribution >= 0.6 is 17.0 Å². The molecule has 1 aromatic rings. The van der Waals surface area contributed by atoms with Crippen molar-refractivity contribution in [3.05, 3.63) is 35.9 Å². The zero-order valence-electron chi connectivity index (χ0n) is 10.4. The van der Waals surface area contributed by atoms with Crippen LogP contribution in [-0.4, -0.2) is 12.4 Å². The summed E-state index contributed by atoms with van der Waals surface area (Å²) < 4.78 is 0. The van der Waals surface area contributed by atoms with E-state index in [2.05, 4.69) is 47.6 Å². The summed E-state index contributed by atoms with van der Waals surface area (Å²) in [7, 11) is 0. The normalized spacial score (nSPS) is 17.4. The molecule has 1 aliphatic rings. The van der Waals surface area contributed by atoms with Gasteiger partial charge in [0.25, 0.3) is 0 Å². The summed E-state index contributed by atoms with van der Waals surface area (Å²) in [4.78, 5) is 4.59. The predicted molar refractivity (Wildman–Crippen MR) is 79.1 cm³/mol. The summed E-state index contributed by atoms with van der Waals surface area (Å²) in [5, 5.41) is 3.53. The molecule has 1 unspecified atom stereocenters. The lowest BCUT2D eigenvalue weighted by Gasteiger charge is -2.16. The number of amidine groups is 1. The van der Waals surface area contributed by atoms with E-state index < -0.39 is 0 Å². The van der Waals surface area contributed by atoms with Crippen LogP contribution in [0.2, 0.25) is 0 Å². The van der Waals surface area contributed by atoms with Crippen LogP contribution < -0.4 is 5.32 Å². The Hall–Kier alpha value is -0.830. The molecule has 0 saturated heterocycles. The monoisotopic (exact) mass is 296 g/mol. The molecule has 0 radical (unpaired) electrons. The number of halogens is 1. The molecule has 2 nitrogen and oxygen atoms in total. The smallest absolute Gasteiger partial charge is 0.0967 e. The quantitative estimate of drug-likeness (QED) is 0.880. The lowest BCUT2D eigenvalue weighted by Crippen LogP contribution is -2.26. The first-order valence-corrected chi connectivity index (χ1v) is 6.21. The predicted octanol–water partition coefficient (Wildman–Crippen LogP) is 3.89. The third-order valence-corrected chi connectivity index (χ3v) is 3.06. The fourth-order valence-electron chi connectivity index (χ4n) is 2.07. The van der Waals surface area contributed by atoms with Gasteiger partial charge < -0.3 is 5.32 Å². The first kappa shape index (κ1) is 14.2. The average Bonchev–Trinajstić information content (AvgIpc) is 2.59. The standard InChI is InChI=1S/C14H20N2.BrH/c1-12(13-8-4-2-5-9-13)16-14-10-6-3-7-11-15-14;/h2,4-5,8-9,12H,3,6-7,10-11H2,1H3,(H,15,16);1H. The maximum Gasteiger partial charge on any atom is 0.0967 e. The number of rotatable bonds is 2. The van der Waals surface area contributed by atoms with Crippen LogP contribution in [0.25, 0.3) is 0 Å². The molecule has 0 aliphatic carbocycles. The number of nitrogens with one attached hydrogen (secondary N) is 1. The van der Waals surface area contributed by atoms with Gasteiger partial charge >= 0.3 is 0 Å². The minimum absolute atomic E-state index is 0. The summed E-state index contributed by atoms with van der Waals surface area (Å²) in [6.07, 6.45) is 4.93. The highest BCUT2D eigenvalue weighted by molar-refractivity contribution is 8.93. The summed E-state index contributed by atoms with van der Waals surface area (Å²) in [5.74, 6) is 1.19. The van der Waals surface area contributed by atoms with Crippen LogP contribution in [0.3, 0.4) is 0 Å². The fraction of sp³-hybridized carbons (Fsp3) is 0.500. The second-order valence-electron chi connectivity index (χ2n) is 4.42. The van der Waals surface area contributed by atoms with E-state index in [1.165, 1.54) is 30.7 Å². The highest BCUT2D eigenvalue weighted by Crippen LogP contribution is 2.13. The van der Waals surface area contributed by atoms with Gasteiger partial charge in [0, 0.05) is 19.0 Å². The van der Waals surface area contributed by atoms with Gasteiger partial charge in [-0.2, -0.15) is 0 Å². The molecule has 3 heteroatoms. The van der Waals surface area contributed by atoms with E-state index in [1.54, 1.807) is 0 Å². The van der Waals surface area contributed by atoms with E-state index in [4.69, 9.17) is 0 Å². The largest absolute Gasteiger partial charge is 0.367 e. The van der Waals surface area contributed by atoms with Crippen molar-refractivity contribution in [2.24, 2.45) is 4.99 Å². The van der Waals surface area contributed by atoms with E-state index in [9.17, 15) is 0 Å². The van der Waals surface area contributed by atoms with Crippen LogP contribution in [0.5, 0.6) is 0 Å². The molecule has 0 fully saturated rings. The molecule has 0 spiro atoms. The Balaban J connectivity index is 0.00000144. The number of hydrogen-bond donors (Lipinski definition) is 1. The number of aliphatic imine (C=N–C) groups is 1. The van der Waals surface area contributed by atoms with Gasteiger partial charge in [0.2, 0.25) is 0 Å². The van der Waals surface area contributed by atoms with Crippen molar-refractivity contribution in [2.45, 2.75) is 38.6 Å². The molecule has 17 heavy (non-hydrogen) atoms. The van der Waals surface area contributed by atoms with E-state index in [0.29, 0.717) is 6.04 Å². The van der Waals surface area contributed by atoms with Crippen LogP contribution in [-0.2, 0) is 0 Å². The lowest BCUT2D eigenvalue weighted by molar-refractivity contribution is 0.693. The average molecular weight is 297 g/mol. The molecule has 0 bridgehead atoms. The van der Waals surface area contributed by atoms with E-state index in [0.717, 1.165) is 13.0 Å². The Labute approximate surface area is 114 Å². The van der Waals surface area contributed by atoms with Crippen LogP contribution in [0.15, 0.2) is 35.3 Å². The van der Waals surface area contributed by atoms with Crippen molar-refractivity contribution in [1.29, 1.82) is 0 Å². The first-order valence-electron chi connectivity index (χ1n) is 6.21. The SMILES string of the molecule is Br.CC(NC1=NCCCCC1)c1ccccc1. The molecule has 1 aromatic carbocycles. The van der Waals surface area contributed by atoms with E-state index in [-0.39, 0.29) is 17.0 Å². The second-order valence-corrected chi connectivity index (χ2v) is 4.42. The number of nitrogens with zero attached hydrogens (tertiary/aromatic N) is 1. The summed E-state index contributed by atoms with van der Waals surface area (Å²) >= 11 is 0. The Morgan fingerprint density at radius 3 is 2.65 bits per heavy atom. The third kappa shape index (κ3) is 4.50. The van der Waals surface area contributed by atoms with Gasteiger partial charge in [-0.15, -0.1) is 17.0 Å². The molecule has 0 saturated carbocycles. The zero-order chi connectivity index (χ0) is 11.2. The summed E-state index contributed by atoms with van der Waals surface area (Å²) in [5.41, 5.74) is 1.33. The van der Waals surface area contributed by atoms with E-state index >= 15 is 0 Å². The van der Waals surface area contributed by atoms with Crippen molar-refractivity contribution in [3.8, 4) is 0 Å². The fourth-order valence-corrected chi connectivity index (χ4v) is 2.07. The minimum atomic E-state index is 0. The molecule has 1 N–H and O–H groups in total. The van der Waals surface area contributed by atoms with Crippen molar-refractivity contribution >= 4 is 22.8 Å². The molecular formula is C14H21BrN2. The number of hydrogen-bond acceptors (Lipinski definition) is 2. The maximum absolute atomic E-state index is 4.59. The molecule has 0 amide bonds.